The van der Waals surface area contributed by atoms with Crippen molar-refractivity contribution in [2.24, 2.45) is 0 Å². The summed E-state index contributed by atoms with van der Waals surface area (Å²) in [6.07, 6.45) is 0. The Kier molecular flexibility index (Phi) is 3.53. The number of likely N-dealkylation sites (N-methyl/N-ethyl adjacent to an activating group) is 1. The van der Waals surface area contributed by atoms with Crippen LogP contribution in [0.2, 0.25) is 0 Å². The SMILES string of the molecule is CN1CCn2c(CNC(=O)c3ccc4sccc4c3)nnc2C1=O. The predicted molar refractivity (Wildman–Crippen MR) is 90.0 cm³/mol. The molecule has 0 aliphatic carbocycles. The maximum atomic E-state index is 12.3. The molecule has 7 nitrogen and oxygen atoms in total. The fraction of sp³-hybridized carbons (Fsp3) is 0.250. The lowest BCUT2D eigenvalue weighted by Gasteiger charge is -2.23. The molecule has 0 fully saturated rings. The smallest absolute Gasteiger partial charge is 0.291 e. The fourth-order valence-electron chi connectivity index (χ4n) is 2.75. The van der Waals surface area contributed by atoms with Gasteiger partial charge in [-0.25, -0.2) is 0 Å². The Labute approximate surface area is 141 Å². The highest BCUT2D eigenvalue weighted by molar-refractivity contribution is 7.17. The van der Waals surface area contributed by atoms with Crippen LogP contribution in [0.5, 0.6) is 0 Å². The van der Waals surface area contributed by atoms with Gasteiger partial charge in [0.25, 0.3) is 11.8 Å². The molecule has 0 atom stereocenters. The minimum Gasteiger partial charge on any atom is -0.345 e. The van der Waals surface area contributed by atoms with E-state index in [1.54, 1.807) is 27.9 Å². The van der Waals surface area contributed by atoms with Crippen molar-refractivity contribution >= 4 is 33.2 Å². The number of nitrogens with one attached hydrogen (secondary N) is 1. The van der Waals surface area contributed by atoms with Gasteiger partial charge in [0.1, 0.15) is 0 Å². The lowest BCUT2D eigenvalue weighted by Crippen LogP contribution is -2.38. The third kappa shape index (κ3) is 2.44. The van der Waals surface area contributed by atoms with E-state index in [4.69, 9.17) is 0 Å². The van der Waals surface area contributed by atoms with Crippen LogP contribution < -0.4 is 5.32 Å². The van der Waals surface area contributed by atoms with Crippen molar-refractivity contribution in [1.82, 2.24) is 25.0 Å². The molecule has 0 radical (unpaired) electrons. The summed E-state index contributed by atoms with van der Waals surface area (Å²) in [5, 5.41) is 13.9. The number of carbonyl (C=O) groups excluding carboxylic acids is 2. The second-order valence-electron chi connectivity index (χ2n) is 5.67. The Hall–Kier alpha value is -2.74. The number of amides is 2. The van der Waals surface area contributed by atoms with Gasteiger partial charge < -0.3 is 14.8 Å². The minimum atomic E-state index is -0.167. The zero-order valence-corrected chi connectivity index (χ0v) is 13.8. The number of benzene rings is 1. The normalized spacial score (nSPS) is 14.0. The standard InChI is InChI=1S/C16H15N5O2S/c1-20-5-6-21-13(18-19-14(21)16(20)23)9-17-15(22)11-2-3-12-10(8-11)4-7-24-12/h2-4,7-8H,5-6,9H2,1H3,(H,17,22). The fourth-order valence-corrected chi connectivity index (χ4v) is 3.52. The zero-order valence-electron chi connectivity index (χ0n) is 13.0. The van der Waals surface area contributed by atoms with E-state index in [1.165, 1.54) is 0 Å². The molecule has 0 bridgehead atoms. The van der Waals surface area contributed by atoms with Crippen molar-refractivity contribution in [2.75, 3.05) is 13.6 Å². The van der Waals surface area contributed by atoms with Crippen LogP contribution in [0.15, 0.2) is 29.6 Å². The summed E-state index contributed by atoms with van der Waals surface area (Å²) in [7, 11) is 1.74. The average molecular weight is 341 g/mol. The van der Waals surface area contributed by atoms with E-state index >= 15 is 0 Å². The van der Waals surface area contributed by atoms with Crippen LogP contribution >= 0.6 is 11.3 Å². The maximum Gasteiger partial charge on any atom is 0.291 e. The number of rotatable bonds is 3. The highest BCUT2D eigenvalue weighted by atomic mass is 32.1. The molecule has 8 heteroatoms. The number of carbonyl (C=O) groups is 2. The first-order valence-corrected chi connectivity index (χ1v) is 8.44. The van der Waals surface area contributed by atoms with Gasteiger partial charge in [-0.05, 0) is 35.0 Å². The van der Waals surface area contributed by atoms with E-state index in [0.29, 0.717) is 30.3 Å². The van der Waals surface area contributed by atoms with Gasteiger partial charge in [0.2, 0.25) is 5.82 Å². The van der Waals surface area contributed by atoms with Gasteiger partial charge in [-0.15, -0.1) is 21.5 Å². The maximum absolute atomic E-state index is 12.3. The van der Waals surface area contributed by atoms with Gasteiger partial charge in [-0.2, -0.15) is 0 Å². The van der Waals surface area contributed by atoms with Crippen molar-refractivity contribution in [2.45, 2.75) is 13.1 Å². The molecule has 1 N–H and O–H groups in total. The minimum absolute atomic E-state index is 0.144. The van der Waals surface area contributed by atoms with E-state index in [1.807, 2.05) is 29.6 Å². The average Bonchev–Trinajstić information content (AvgIpc) is 3.22. The van der Waals surface area contributed by atoms with Gasteiger partial charge >= 0.3 is 0 Å². The Balaban J connectivity index is 1.50. The molecule has 3 aromatic rings. The van der Waals surface area contributed by atoms with Crippen LogP contribution in [0, 0.1) is 0 Å². The van der Waals surface area contributed by atoms with Gasteiger partial charge in [-0.3, -0.25) is 9.59 Å². The van der Waals surface area contributed by atoms with Crippen LogP contribution in [0.25, 0.3) is 10.1 Å². The van der Waals surface area contributed by atoms with Crippen LogP contribution in [0.1, 0.15) is 26.8 Å². The molecule has 1 aliphatic heterocycles. The molecule has 3 heterocycles. The van der Waals surface area contributed by atoms with Gasteiger partial charge in [-0.1, -0.05) is 0 Å². The first-order valence-electron chi connectivity index (χ1n) is 7.56. The number of nitrogens with zero attached hydrogens (tertiary/aromatic N) is 4. The topological polar surface area (TPSA) is 80.1 Å². The van der Waals surface area contributed by atoms with E-state index in [9.17, 15) is 9.59 Å². The van der Waals surface area contributed by atoms with E-state index < -0.39 is 0 Å². The number of aromatic nitrogens is 3. The lowest BCUT2D eigenvalue weighted by molar-refractivity contribution is 0.0740. The van der Waals surface area contributed by atoms with Crippen molar-refractivity contribution in [3.63, 3.8) is 0 Å². The third-order valence-corrected chi connectivity index (χ3v) is 5.04. The molecule has 4 rings (SSSR count). The van der Waals surface area contributed by atoms with Crippen LogP contribution in [-0.4, -0.2) is 45.1 Å². The molecule has 0 saturated carbocycles. The molecule has 0 unspecified atom stereocenters. The summed E-state index contributed by atoms with van der Waals surface area (Å²) in [4.78, 5) is 26.0. The molecule has 0 saturated heterocycles. The summed E-state index contributed by atoms with van der Waals surface area (Å²) in [6, 6.07) is 7.63. The Morgan fingerprint density at radius 3 is 3.04 bits per heavy atom. The van der Waals surface area contributed by atoms with E-state index in [-0.39, 0.29) is 18.4 Å². The number of hydrogen-bond acceptors (Lipinski definition) is 5. The second kappa shape index (κ2) is 5.72. The summed E-state index contributed by atoms with van der Waals surface area (Å²) in [6.45, 7) is 1.49. The van der Waals surface area contributed by atoms with E-state index in [0.717, 1.165) is 10.1 Å². The Bertz CT molecular complexity index is 945. The van der Waals surface area contributed by atoms with Crippen LogP contribution in [-0.2, 0) is 13.1 Å². The zero-order chi connectivity index (χ0) is 16.7. The molecule has 24 heavy (non-hydrogen) atoms. The number of hydrogen-bond donors (Lipinski definition) is 1. The summed E-state index contributed by atoms with van der Waals surface area (Å²) >= 11 is 1.65. The summed E-state index contributed by atoms with van der Waals surface area (Å²) in [5.74, 6) is 0.609. The largest absolute Gasteiger partial charge is 0.345 e. The first kappa shape index (κ1) is 14.8. The molecule has 0 spiro atoms. The van der Waals surface area contributed by atoms with Crippen LogP contribution in [0.4, 0.5) is 0 Å². The molecule has 1 aliphatic rings. The molecular formula is C16H15N5O2S. The molecule has 122 valence electrons. The number of fused-ring (bicyclic) bond motifs is 2. The summed E-state index contributed by atoms with van der Waals surface area (Å²) in [5.41, 5.74) is 0.607. The monoisotopic (exact) mass is 341 g/mol. The van der Waals surface area contributed by atoms with Crippen molar-refractivity contribution in [1.29, 1.82) is 0 Å². The lowest BCUT2D eigenvalue weighted by atomic mass is 10.1. The Morgan fingerprint density at radius 1 is 1.29 bits per heavy atom. The van der Waals surface area contributed by atoms with Crippen molar-refractivity contribution < 1.29 is 9.59 Å². The summed E-state index contributed by atoms with van der Waals surface area (Å²) < 4.78 is 2.92. The molecule has 2 amide bonds. The Morgan fingerprint density at radius 2 is 2.17 bits per heavy atom. The van der Waals surface area contributed by atoms with Gasteiger partial charge in [0.15, 0.2) is 5.82 Å². The molecule has 1 aromatic carbocycles. The quantitative estimate of drug-likeness (QED) is 0.783. The number of thiophene rings is 1. The van der Waals surface area contributed by atoms with Gasteiger partial charge in [0.05, 0.1) is 6.54 Å². The van der Waals surface area contributed by atoms with Gasteiger partial charge in [0, 0.05) is 30.4 Å². The predicted octanol–water partition coefficient (Wildman–Crippen LogP) is 1.51. The molecule has 2 aromatic heterocycles. The highest BCUT2D eigenvalue weighted by Crippen LogP contribution is 2.21. The first-order chi connectivity index (χ1) is 11.6. The third-order valence-electron chi connectivity index (χ3n) is 4.15. The second-order valence-corrected chi connectivity index (χ2v) is 6.62. The molecular weight excluding hydrogens is 326 g/mol. The van der Waals surface area contributed by atoms with Crippen molar-refractivity contribution in [3.8, 4) is 0 Å². The highest BCUT2D eigenvalue weighted by Gasteiger charge is 2.26. The van der Waals surface area contributed by atoms with Crippen molar-refractivity contribution in [3.05, 3.63) is 46.9 Å². The van der Waals surface area contributed by atoms with Crippen LogP contribution in [0.3, 0.4) is 0 Å². The van der Waals surface area contributed by atoms with E-state index in [2.05, 4.69) is 15.5 Å².